The van der Waals surface area contributed by atoms with E-state index in [0.29, 0.717) is 32.4 Å². The van der Waals surface area contributed by atoms with Crippen molar-refractivity contribution in [1.29, 1.82) is 0 Å². The third-order valence-corrected chi connectivity index (χ3v) is 10.1. The summed E-state index contributed by atoms with van der Waals surface area (Å²) < 4.78 is 1.84. The number of aromatic nitrogens is 2. The minimum absolute atomic E-state index is 0.0599. The minimum atomic E-state index is -0.0929. The van der Waals surface area contributed by atoms with Gasteiger partial charge in [-0.3, -0.25) is 4.79 Å². The average Bonchev–Trinajstić information content (AvgIpc) is 3.51. The van der Waals surface area contributed by atoms with Gasteiger partial charge >= 0.3 is 0 Å². The first kappa shape index (κ1) is 26.0. The number of nitrogens with one attached hydrogen (secondary N) is 1. The summed E-state index contributed by atoms with van der Waals surface area (Å²) in [5, 5.41) is 10.2. The van der Waals surface area contributed by atoms with Crippen LogP contribution in [0.4, 0.5) is 0 Å². The molecule has 198 valence electrons. The van der Waals surface area contributed by atoms with Crippen LogP contribution in [0.15, 0.2) is 42.5 Å². The Labute approximate surface area is 239 Å². The molecule has 0 unspecified atom stereocenters. The maximum absolute atomic E-state index is 14.0. The van der Waals surface area contributed by atoms with Gasteiger partial charge in [-0.2, -0.15) is 5.10 Å². The SMILES string of the molecule is CC1(C)[C@@H]2CC[C@@](C)(C2)[C@H]1NC(=O)c1nn(-c2ccc(Cl)cc2Cl)c2c1CCC/C2=C\c1ccc(Cl)cc1. The first-order valence-corrected chi connectivity index (χ1v) is 14.5. The Morgan fingerprint density at radius 3 is 2.47 bits per heavy atom. The topological polar surface area (TPSA) is 46.9 Å². The molecule has 1 aromatic heterocycles. The van der Waals surface area contributed by atoms with Gasteiger partial charge in [0.15, 0.2) is 5.69 Å². The summed E-state index contributed by atoms with van der Waals surface area (Å²) in [7, 11) is 0. The molecule has 4 nitrogen and oxygen atoms in total. The molecule has 2 fully saturated rings. The van der Waals surface area contributed by atoms with Crippen molar-refractivity contribution in [3.63, 3.8) is 0 Å². The number of hydrogen-bond acceptors (Lipinski definition) is 2. The molecular weight excluding hydrogens is 537 g/mol. The van der Waals surface area contributed by atoms with Crippen molar-refractivity contribution >= 4 is 52.4 Å². The molecule has 0 spiro atoms. The molecule has 1 N–H and O–H groups in total. The van der Waals surface area contributed by atoms with Crippen LogP contribution < -0.4 is 5.32 Å². The normalized spacial score (nSPS) is 26.5. The van der Waals surface area contributed by atoms with Crippen molar-refractivity contribution in [1.82, 2.24) is 15.1 Å². The van der Waals surface area contributed by atoms with Gasteiger partial charge in [-0.15, -0.1) is 0 Å². The fraction of sp³-hybridized carbons (Fsp3) is 0.419. The van der Waals surface area contributed by atoms with Crippen LogP contribution in [-0.2, 0) is 6.42 Å². The quantitative estimate of drug-likeness (QED) is 0.342. The van der Waals surface area contributed by atoms with Crippen LogP contribution in [0.3, 0.4) is 0 Å². The molecule has 6 rings (SSSR count). The monoisotopic (exact) mass is 567 g/mol. The van der Waals surface area contributed by atoms with E-state index in [9.17, 15) is 4.79 Å². The Balaban J connectivity index is 1.46. The summed E-state index contributed by atoms with van der Waals surface area (Å²) in [6, 6.07) is 13.3. The van der Waals surface area contributed by atoms with Crippen LogP contribution in [0.1, 0.15) is 80.2 Å². The second-order valence-electron chi connectivity index (χ2n) is 12.1. The van der Waals surface area contributed by atoms with Gasteiger partial charge in [0, 0.05) is 21.7 Å². The number of allylic oxidation sites excluding steroid dienone is 1. The van der Waals surface area contributed by atoms with E-state index < -0.39 is 0 Å². The van der Waals surface area contributed by atoms with Gasteiger partial charge in [0.05, 0.1) is 16.4 Å². The zero-order valence-electron chi connectivity index (χ0n) is 22.0. The van der Waals surface area contributed by atoms with Gasteiger partial charge in [-0.1, -0.05) is 67.7 Å². The van der Waals surface area contributed by atoms with E-state index in [1.165, 1.54) is 12.8 Å². The number of halogens is 3. The maximum Gasteiger partial charge on any atom is 0.272 e. The zero-order valence-corrected chi connectivity index (χ0v) is 24.2. The first-order valence-electron chi connectivity index (χ1n) is 13.4. The summed E-state index contributed by atoms with van der Waals surface area (Å²) in [4.78, 5) is 14.0. The number of nitrogens with zero attached hydrogens (tertiary/aromatic N) is 2. The molecule has 1 heterocycles. The Bertz CT molecular complexity index is 1450. The number of hydrogen-bond donors (Lipinski definition) is 1. The molecule has 38 heavy (non-hydrogen) atoms. The van der Waals surface area contributed by atoms with Crippen molar-refractivity contribution in [3.05, 3.63) is 80.0 Å². The van der Waals surface area contributed by atoms with Crippen molar-refractivity contribution in [2.24, 2.45) is 16.7 Å². The Hall–Kier alpha value is -2.27. The molecule has 2 aromatic carbocycles. The van der Waals surface area contributed by atoms with Gasteiger partial charge < -0.3 is 5.32 Å². The number of carbonyl (C=O) groups is 1. The van der Waals surface area contributed by atoms with Crippen LogP contribution in [0.5, 0.6) is 0 Å². The number of amides is 1. The lowest BCUT2D eigenvalue weighted by molar-refractivity contribution is 0.0732. The molecule has 3 aliphatic rings. The molecule has 7 heteroatoms. The number of benzene rings is 2. The highest BCUT2D eigenvalue weighted by Crippen LogP contribution is 2.62. The van der Waals surface area contributed by atoms with E-state index in [4.69, 9.17) is 39.9 Å². The van der Waals surface area contributed by atoms with E-state index in [1.54, 1.807) is 12.1 Å². The largest absolute Gasteiger partial charge is 0.347 e. The smallest absolute Gasteiger partial charge is 0.272 e. The van der Waals surface area contributed by atoms with E-state index in [1.807, 2.05) is 35.0 Å². The molecule has 0 saturated heterocycles. The van der Waals surface area contributed by atoms with Crippen LogP contribution in [-0.4, -0.2) is 21.7 Å². The van der Waals surface area contributed by atoms with Crippen molar-refractivity contribution in [3.8, 4) is 5.69 Å². The van der Waals surface area contributed by atoms with E-state index in [2.05, 4.69) is 32.2 Å². The molecule has 0 aliphatic heterocycles. The van der Waals surface area contributed by atoms with E-state index in [-0.39, 0.29) is 22.8 Å². The van der Waals surface area contributed by atoms with Gasteiger partial charge in [0.2, 0.25) is 0 Å². The van der Waals surface area contributed by atoms with Gasteiger partial charge in [0.25, 0.3) is 5.91 Å². The van der Waals surface area contributed by atoms with Gasteiger partial charge in [-0.25, -0.2) is 4.68 Å². The lowest BCUT2D eigenvalue weighted by Gasteiger charge is -2.43. The van der Waals surface area contributed by atoms with Crippen molar-refractivity contribution in [2.45, 2.75) is 65.3 Å². The molecule has 3 aliphatic carbocycles. The fourth-order valence-corrected chi connectivity index (χ4v) is 7.98. The second kappa shape index (κ2) is 9.43. The van der Waals surface area contributed by atoms with Crippen LogP contribution >= 0.6 is 34.8 Å². The van der Waals surface area contributed by atoms with Crippen molar-refractivity contribution in [2.75, 3.05) is 0 Å². The Morgan fingerprint density at radius 1 is 1.05 bits per heavy atom. The number of rotatable bonds is 4. The zero-order chi connectivity index (χ0) is 26.8. The molecule has 0 radical (unpaired) electrons. The summed E-state index contributed by atoms with van der Waals surface area (Å²) in [6.45, 7) is 6.95. The predicted molar refractivity (Wildman–Crippen MR) is 156 cm³/mol. The fourth-order valence-electron chi connectivity index (χ4n) is 7.36. The predicted octanol–water partition coefficient (Wildman–Crippen LogP) is 8.65. The molecule has 3 aromatic rings. The molecular formula is C31H32Cl3N3O. The Kier molecular flexibility index (Phi) is 6.45. The average molecular weight is 569 g/mol. The third kappa shape index (κ3) is 4.29. The van der Waals surface area contributed by atoms with Crippen LogP contribution in [0, 0.1) is 16.7 Å². The molecule has 2 bridgehead atoms. The van der Waals surface area contributed by atoms with E-state index >= 15 is 0 Å². The van der Waals surface area contributed by atoms with Gasteiger partial charge in [-0.05, 0) is 103 Å². The molecule has 2 saturated carbocycles. The lowest BCUT2D eigenvalue weighted by Crippen LogP contribution is -2.52. The van der Waals surface area contributed by atoms with Crippen LogP contribution in [0.25, 0.3) is 17.3 Å². The second-order valence-corrected chi connectivity index (χ2v) is 13.4. The molecule has 1 amide bonds. The first-order chi connectivity index (χ1) is 18.1. The summed E-state index contributed by atoms with van der Waals surface area (Å²) in [6.07, 6.45) is 8.35. The lowest BCUT2D eigenvalue weighted by atomic mass is 9.68. The molecule has 3 atom stereocenters. The summed E-state index contributed by atoms with van der Waals surface area (Å²) in [5.74, 6) is 0.552. The summed E-state index contributed by atoms with van der Waals surface area (Å²) in [5.41, 5.74) is 5.49. The Morgan fingerprint density at radius 2 is 1.79 bits per heavy atom. The van der Waals surface area contributed by atoms with Crippen molar-refractivity contribution < 1.29 is 4.79 Å². The van der Waals surface area contributed by atoms with Crippen LogP contribution in [0.2, 0.25) is 15.1 Å². The standard InChI is InChI=1S/C31H32Cl3N3O/c1-30(2)20-13-14-31(3,17-20)29(30)35-28(38)26-23-6-4-5-19(15-18-7-9-21(32)10-8-18)27(23)37(36-26)25-12-11-22(33)16-24(25)34/h7-12,15-16,20,29H,4-6,13-14,17H2,1-3H3,(H,35,38)/b19-15+/t20-,29+,31+/m1/s1. The number of fused-ring (bicyclic) bond motifs is 3. The highest BCUT2D eigenvalue weighted by atomic mass is 35.5. The number of carbonyl (C=O) groups excluding carboxylic acids is 1. The third-order valence-electron chi connectivity index (χ3n) is 9.27. The summed E-state index contributed by atoms with van der Waals surface area (Å²) >= 11 is 19.0. The highest BCUT2D eigenvalue weighted by Gasteiger charge is 2.59. The maximum atomic E-state index is 14.0. The van der Waals surface area contributed by atoms with Gasteiger partial charge in [0.1, 0.15) is 0 Å². The van der Waals surface area contributed by atoms with E-state index in [0.717, 1.165) is 48.1 Å². The minimum Gasteiger partial charge on any atom is -0.347 e. The highest BCUT2D eigenvalue weighted by molar-refractivity contribution is 6.35.